The Hall–Kier alpha value is -0.520. The molecule has 15 heavy (non-hydrogen) atoms. The van der Waals surface area contributed by atoms with E-state index in [1.807, 2.05) is 0 Å². The molecule has 84 valence electrons. The van der Waals surface area contributed by atoms with Gasteiger partial charge in [0.15, 0.2) is 0 Å². The van der Waals surface area contributed by atoms with Gasteiger partial charge in [-0.2, -0.15) is 0 Å². The molecule has 0 unspecified atom stereocenters. The molecule has 0 aromatic rings. The van der Waals surface area contributed by atoms with E-state index < -0.39 is 0 Å². The first-order valence-corrected chi connectivity index (χ1v) is 6.36. The standard InChI is InChI=1S/C15H24/c1-11(2)13-7-9-15(4)8-5-6-12(3)14(15)10-13/h13-14H,1,3,5-10H2,2,4H3/t13-,14+,15+/m0/s1. The molecule has 2 aliphatic carbocycles. The van der Waals surface area contributed by atoms with Gasteiger partial charge in [-0.05, 0) is 62.7 Å². The van der Waals surface area contributed by atoms with E-state index in [0.29, 0.717) is 5.41 Å². The second-order valence-corrected chi connectivity index (χ2v) is 6.04. The van der Waals surface area contributed by atoms with E-state index in [0.717, 1.165) is 11.8 Å². The Balaban J connectivity index is 2.16. The van der Waals surface area contributed by atoms with Gasteiger partial charge in [-0.25, -0.2) is 0 Å². The molecule has 0 bridgehead atoms. The molecule has 0 aromatic heterocycles. The molecule has 2 aliphatic rings. The molecular formula is C15H24. The molecule has 0 radical (unpaired) electrons. The molecule has 0 aliphatic heterocycles. The Morgan fingerprint density at radius 2 is 2.13 bits per heavy atom. The predicted octanol–water partition coefficient (Wildman–Crippen LogP) is 4.73. The first-order valence-electron chi connectivity index (χ1n) is 6.36. The fourth-order valence-corrected chi connectivity index (χ4v) is 3.66. The lowest BCUT2D eigenvalue weighted by molar-refractivity contribution is 0.0832. The van der Waals surface area contributed by atoms with Crippen LogP contribution in [0.15, 0.2) is 24.3 Å². The Morgan fingerprint density at radius 1 is 1.40 bits per heavy atom. The van der Waals surface area contributed by atoms with Crippen molar-refractivity contribution < 1.29 is 0 Å². The summed E-state index contributed by atoms with van der Waals surface area (Å²) in [6.45, 7) is 13.1. The predicted molar refractivity (Wildman–Crippen MR) is 66.7 cm³/mol. The van der Waals surface area contributed by atoms with Crippen molar-refractivity contribution in [2.24, 2.45) is 17.3 Å². The summed E-state index contributed by atoms with van der Waals surface area (Å²) in [5, 5.41) is 0. The first-order chi connectivity index (χ1) is 7.03. The summed E-state index contributed by atoms with van der Waals surface area (Å²) < 4.78 is 0. The van der Waals surface area contributed by atoms with E-state index in [2.05, 4.69) is 27.0 Å². The molecule has 0 amide bonds. The molecule has 0 saturated heterocycles. The van der Waals surface area contributed by atoms with Crippen LogP contribution in [0.5, 0.6) is 0 Å². The van der Waals surface area contributed by atoms with Gasteiger partial charge in [-0.15, -0.1) is 0 Å². The Bertz CT molecular complexity index is 286. The largest absolute Gasteiger partial charge is 0.0999 e. The lowest BCUT2D eigenvalue weighted by atomic mass is 9.56. The molecule has 2 fully saturated rings. The van der Waals surface area contributed by atoms with Crippen molar-refractivity contribution >= 4 is 0 Å². The highest BCUT2D eigenvalue weighted by Gasteiger charge is 2.42. The van der Waals surface area contributed by atoms with Gasteiger partial charge in [0.2, 0.25) is 0 Å². The van der Waals surface area contributed by atoms with E-state index in [-0.39, 0.29) is 0 Å². The molecule has 0 spiro atoms. The summed E-state index contributed by atoms with van der Waals surface area (Å²) in [5.41, 5.74) is 3.48. The average Bonchev–Trinajstić information content (AvgIpc) is 2.17. The summed E-state index contributed by atoms with van der Waals surface area (Å²) in [6.07, 6.45) is 8.11. The summed E-state index contributed by atoms with van der Waals surface area (Å²) in [6, 6.07) is 0. The third-order valence-electron chi connectivity index (χ3n) is 4.86. The molecular weight excluding hydrogens is 180 g/mol. The van der Waals surface area contributed by atoms with E-state index in [1.54, 1.807) is 0 Å². The maximum absolute atomic E-state index is 4.31. The van der Waals surface area contributed by atoms with Crippen LogP contribution < -0.4 is 0 Å². The second kappa shape index (κ2) is 3.81. The van der Waals surface area contributed by atoms with E-state index in [4.69, 9.17) is 0 Å². The van der Waals surface area contributed by atoms with Crippen LogP contribution in [-0.4, -0.2) is 0 Å². The van der Waals surface area contributed by atoms with Crippen LogP contribution in [0.4, 0.5) is 0 Å². The monoisotopic (exact) mass is 204 g/mol. The average molecular weight is 204 g/mol. The van der Waals surface area contributed by atoms with Gasteiger partial charge in [-0.1, -0.05) is 31.2 Å². The quantitative estimate of drug-likeness (QED) is 0.542. The minimum atomic E-state index is 0.571. The van der Waals surface area contributed by atoms with E-state index in [1.165, 1.54) is 49.7 Å². The number of fused-ring (bicyclic) bond motifs is 1. The highest BCUT2D eigenvalue weighted by atomic mass is 14.5. The molecule has 2 rings (SSSR count). The minimum Gasteiger partial charge on any atom is -0.0999 e. The van der Waals surface area contributed by atoms with Crippen molar-refractivity contribution in [1.29, 1.82) is 0 Å². The van der Waals surface area contributed by atoms with Crippen molar-refractivity contribution in [2.45, 2.75) is 52.4 Å². The van der Waals surface area contributed by atoms with Gasteiger partial charge in [0.1, 0.15) is 0 Å². The number of hydrogen-bond acceptors (Lipinski definition) is 0. The summed E-state index contributed by atoms with van der Waals surface area (Å²) in [5.74, 6) is 1.54. The van der Waals surface area contributed by atoms with E-state index >= 15 is 0 Å². The van der Waals surface area contributed by atoms with Crippen LogP contribution in [0.25, 0.3) is 0 Å². The molecule has 2 saturated carbocycles. The highest BCUT2D eigenvalue weighted by Crippen LogP contribution is 2.54. The third-order valence-corrected chi connectivity index (χ3v) is 4.86. The van der Waals surface area contributed by atoms with Crippen LogP contribution in [0.3, 0.4) is 0 Å². The number of allylic oxidation sites excluding steroid dienone is 2. The minimum absolute atomic E-state index is 0.571. The maximum Gasteiger partial charge on any atom is -0.0146 e. The molecule has 0 N–H and O–H groups in total. The van der Waals surface area contributed by atoms with Crippen LogP contribution >= 0.6 is 0 Å². The Morgan fingerprint density at radius 3 is 2.80 bits per heavy atom. The third kappa shape index (κ3) is 1.91. The van der Waals surface area contributed by atoms with Crippen LogP contribution in [0.2, 0.25) is 0 Å². The van der Waals surface area contributed by atoms with E-state index in [9.17, 15) is 0 Å². The summed E-state index contributed by atoms with van der Waals surface area (Å²) in [7, 11) is 0. The van der Waals surface area contributed by atoms with Crippen molar-refractivity contribution in [3.63, 3.8) is 0 Å². The second-order valence-electron chi connectivity index (χ2n) is 6.04. The lowest BCUT2D eigenvalue weighted by Gasteiger charge is -2.49. The fourth-order valence-electron chi connectivity index (χ4n) is 3.66. The SMILES string of the molecule is C=C(C)[C@H]1CC[C@@]2(C)CCCC(=C)[C@H]2C1. The number of rotatable bonds is 1. The van der Waals surface area contributed by atoms with Gasteiger partial charge in [0.05, 0.1) is 0 Å². The van der Waals surface area contributed by atoms with Gasteiger partial charge < -0.3 is 0 Å². The molecule has 0 aromatic carbocycles. The van der Waals surface area contributed by atoms with Crippen LogP contribution in [0, 0.1) is 17.3 Å². The van der Waals surface area contributed by atoms with Gasteiger partial charge in [0.25, 0.3) is 0 Å². The maximum atomic E-state index is 4.31. The molecule has 0 heterocycles. The summed E-state index contributed by atoms with van der Waals surface area (Å²) in [4.78, 5) is 0. The Labute approximate surface area is 94.5 Å². The van der Waals surface area contributed by atoms with Gasteiger partial charge >= 0.3 is 0 Å². The fraction of sp³-hybridized carbons (Fsp3) is 0.733. The lowest BCUT2D eigenvalue weighted by Crippen LogP contribution is -2.38. The van der Waals surface area contributed by atoms with Crippen LogP contribution in [0.1, 0.15) is 52.4 Å². The first kappa shape index (κ1) is 11.0. The topological polar surface area (TPSA) is 0 Å². The van der Waals surface area contributed by atoms with Gasteiger partial charge in [-0.3, -0.25) is 0 Å². The van der Waals surface area contributed by atoms with Crippen molar-refractivity contribution in [1.82, 2.24) is 0 Å². The number of hydrogen-bond donors (Lipinski definition) is 0. The normalized spacial score (nSPS) is 41.1. The summed E-state index contributed by atoms with van der Waals surface area (Å²) >= 11 is 0. The zero-order chi connectivity index (χ0) is 11.1. The zero-order valence-corrected chi connectivity index (χ0v) is 10.3. The van der Waals surface area contributed by atoms with Crippen molar-refractivity contribution in [3.05, 3.63) is 24.3 Å². The zero-order valence-electron chi connectivity index (χ0n) is 10.3. The molecule has 3 atom stereocenters. The smallest absolute Gasteiger partial charge is 0.0146 e. The molecule has 0 heteroatoms. The Kier molecular flexibility index (Phi) is 2.79. The van der Waals surface area contributed by atoms with Crippen LogP contribution in [-0.2, 0) is 0 Å². The van der Waals surface area contributed by atoms with Crippen molar-refractivity contribution in [2.75, 3.05) is 0 Å². The molecule has 0 nitrogen and oxygen atoms in total. The highest BCUT2D eigenvalue weighted by molar-refractivity contribution is 5.15. The van der Waals surface area contributed by atoms with Crippen molar-refractivity contribution in [3.8, 4) is 0 Å². The van der Waals surface area contributed by atoms with Gasteiger partial charge in [0, 0.05) is 0 Å².